The number of rotatable bonds is 11. The van der Waals surface area contributed by atoms with Gasteiger partial charge in [0.15, 0.2) is 0 Å². The van der Waals surface area contributed by atoms with Gasteiger partial charge in [-0.05, 0) is 56.7 Å². The van der Waals surface area contributed by atoms with Crippen molar-refractivity contribution in [2.24, 2.45) is 0 Å². The van der Waals surface area contributed by atoms with E-state index in [0.29, 0.717) is 36.6 Å². The van der Waals surface area contributed by atoms with Gasteiger partial charge in [0.2, 0.25) is 0 Å². The average molecular weight is 441 g/mol. The molecular weight excluding hydrogens is 408 g/mol. The van der Waals surface area contributed by atoms with Crippen molar-refractivity contribution >= 4 is 17.4 Å². The van der Waals surface area contributed by atoms with Crippen LogP contribution in [0.2, 0.25) is 0 Å². The first kappa shape index (κ1) is 23.6. The first-order valence-corrected chi connectivity index (χ1v) is 11.3. The van der Waals surface area contributed by atoms with Crippen LogP contribution >= 0.6 is 0 Å². The minimum absolute atomic E-state index is 0.0421. The van der Waals surface area contributed by atoms with Gasteiger partial charge in [-0.2, -0.15) is 0 Å². The van der Waals surface area contributed by atoms with Crippen molar-refractivity contribution in [1.82, 2.24) is 9.80 Å². The minimum atomic E-state index is -0.762. The van der Waals surface area contributed by atoms with Crippen molar-refractivity contribution in [3.63, 3.8) is 0 Å². The number of carbonyl (C=O) groups is 2. The summed E-state index contributed by atoms with van der Waals surface area (Å²) >= 11 is 0. The van der Waals surface area contributed by atoms with Crippen LogP contribution in [0.15, 0.2) is 52.7 Å². The van der Waals surface area contributed by atoms with Gasteiger partial charge >= 0.3 is 0 Å². The molecule has 2 aromatic rings. The van der Waals surface area contributed by atoms with Crippen molar-refractivity contribution in [1.29, 1.82) is 0 Å². The number of Topliss-reactive ketones (excluding diaryl/α,β-unsaturated/α-hetero) is 1. The number of carbonyl (C=O) groups excluding carboxylic acids is 2. The van der Waals surface area contributed by atoms with Gasteiger partial charge in [-0.25, -0.2) is 0 Å². The van der Waals surface area contributed by atoms with Crippen LogP contribution in [0.3, 0.4) is 0 Å². The van der Waals surface area contributed by atoms with Crippen LogP contribution in [-0.2, 0) is 9.59 Å². The van der Waals surface area contributed by atoms with Gasteiger partial charge in [-0.1, -0.05) is 32.9 Å². The fraction of sp³-hybridized carbons (Fsp3) is 0.440. The largest absolute Gasteiger partial charge is 0.507 e. The van der Waals surface area contributed by atoms with Crippen LogP contribution in [0.25, 0.3) is 5.76 Å². The Balaban J connectivity index is 1.95. The molecule has 0 spiro atoms. The molecule has 32 heavy (non-hydrogen) atoms. The Labute approximate surface area is 189 Å². The molecule has 0 aliphatic carbocycles. The van der Waals surface area contributed by atoms with Gasteiger partial charge in [0, 0.05) is 12.1 Å². The number of hydrogen-bond donors (Lipinski definition) is 1. The molecule has 1 aliphatic heterocycles. The molecule has 7 heteroatoms. The summed E-state index contributed by atoms with van der Waals surface area (Å²) in [6.07, 6.45) is 3.07. The predicted molar refractivity (Wildman–Crippen MR) is 122 cm³/mol. The molecule has 1 amide bonds. The van der Waals surface area contributed by atoms with Gasteiger partial charge in [0.05, 0.1) is 18.4 Å². The molecule has 172 valence electrons. The van der Waals surface area contributed by atoms with E-state index in [2.05, 4.69) is 18.7 Å². The number of nitrogens with zero attached hydrogens (tertiary/aromatic N) is 2. The van der Waals surface area contributed by atoms with E-state index < -0.39 is 17.7 Å². The van der Waals surface area contributed by atoms with E-state index in [0.717, 1.165) is 26.1 Å². The highest BCUT2D eigenvalue weighted by Crippen LogP contribution is 2.39. The van der Waals surface area contributed by atoms with Crippen molar-refractivity contribution in [3.8, 4) is 5.75 Å². The number of aliphatic hydroxyl groups is 1. The summed E-state index contributed by atoms with van der Waals surface area (Å²) in [5.41, 5.74) is 0.469. The summed E-state index contributed by atoms with van der Waals surface area (Å²) in [6.45, 7) is 9.80. The molecule has 1 unspecified atom stereocenters. The molecule has 1 aromatic heterocycles. The molecule has 1 N–H and O–H groups in total. The Hall–Kier alpha value is -3.06. The van der Waals surface area contributed by atoms with Crippen molar-refractivity contribution in [3.05, 3.63) is 59.6 Å². The topological polar surface area (TPSA) is 83.2 Å². The third-order valence-electron chi connectivity index (χ3n) is 5.70. The smallest absolute Gasteiger partial charge is 0.295 e. The van der Waals surface area contributed by atoms with E-state index >= 15 is 0 Å². The molecule has 7 nitrogen and oxygen atoms in total. The highest BCUT2D eigenvalue weighted by atomic mass is 16.5. The van der Waals surface area contributed by atoms with E-state index in [-0.39, 0.29) is 11.3 Å². The van der Waals surface area contributed by atoms with Gasteiger partial charge in [0.25, 0.3) is 11.7 Å². The van der Waals surface area contributed by atoms with E-state index in [1.807, 2.05) is 6.92 Å². The van der Waals surface area contributed by atoms with Gasteiger partial charge in [-0.3, -0.25) is 9.59 Å². The Bertz CT molecular complexity index is 947. The van der Waals surface area contributed by atoms with Crippen LogP contribution in [-0.4, -0.2) is 59.4 Å². The van der Waals surface area contributed by atoms with Crippen LogP contribution in [0, 0.1) is 0 Å². The second-order valence-corrected chi connectivity index (χ2v) is 7.76. The molecule has 2 heterocycles. The zero-order valence-corrected chi connectivity index (χ0v) is 19.0. The number of benzene rings is 1. The lowest BCUT2D eigenvalue weighted by Gasteiger charge is -2.25. The van der Waals surface area contributed by atoms with Crippen molar-refractivity contribution in [2.45, 2.75) is 39.7 Å². The van der Waals surface area contributed by atoms with Gasteiger partial charge in [0.1, 0.15) is 23.3 Å². The standard InChI is InChI=1S/C25H32N2O5/c1-4-15-31-19-11-7-10-18(17-19)23(28)21-22(20-12-8-16-32-20)27(25(30)24(21)29)14-9-13-26(5-2)6-3/h7-8,10-12,16-17,22,28H,4-6,9,13-15H2,1-3H3. The van der Waals surface area contributed by atoms with Crippen molar-refractivity contribution < 1.29 is 23.8 Å². The van der Waals surface area contributed by atoms with Crippen LogP contribution in [0.4, 0.5) is 0 Å². The van der Waals surface area contributed by atoms with E-state index in [1.54, 1.807) is 36.4 Å². The molecule has 1 saturated heterocycles. The first-order chi connectivity index (χ1) is 15.5. The fourth-order valence-corrected chi connectivity index (χ4v) is 3.97. The molecule has 0 saturated carbocycles. The summed E-state index contributed by atoms with van der Waals surface area (Å²) in [5.74, 6) is -0.499. The van der Waals surface area contributed by atoms with Crippen LogP contribution < -0.4 is 4.74 Å². The van der Waals surface area contributed by atoms with Gasteiger partial charge < -0.3 is 24.1 Å². The highest BCUT2D eigenvalue weighted by Gasteiger charge is 2.47. The predicted octanol–water partition coefficient (Wildman–Crippen LogP) is 4.22. The zero-order valence-electron chi connectivity index (χ0n) is 19.0. The average Bonchev–Trinajstić information content (AvgIpc) is 3.42. The lowest BCUT2D eigenvalue weighted by Crippen LogP contribution is -2.33. The normalized spacial score (nSPS) is 18.0. The Morgan fingerprint density at radius 2 is 1.94 bits per heavy atom. The van der Waals surface area contributed by atoms with Crippen LogP contribution in [0.1, 0.15) is 51.0 Å². The van der Waals surface area contributed by atoms with Crippen LogP contribution in [0.5, 0.6) is 5.75 Å². The maximum atomic E-state index is 13.0. The van der Waals surface area contributed by atoms with Gasteiger partial charge in [-0.15, -0.1) is 0 Å². The second kappa shape index (κ2) is 11.0. The molecule has 1 aromatic carbocycles. The van der Waals surface area contributed by atoms with E-state index in [1.165, 1.54) is 11.2 Å². The summed E-state index contributed by atoms with van der Waals surface area (Å²) in [5, 5.41) is 11.1. The molecule has 0 radical (unpaired) electrons. The molecule has 3 rings (SSSR count). The summed E-state index contributed by atoms with van der Waals surface area (Å²) in [7, 11) is 0. The lowest BCUT2D eigenvalue weighted by molar-refractivity contribution is -0.140. The zero-order chi connectivity index (χ0) is 23.1. The lowest BCUT2D eigenvalue weighted by atomic mass is 9.99. The highest BCUT2D eigenvalue weighted by molar-refractivity contribution is 6.46. The van der Waals surface area contributed by atoms with Crippen molar-refractivity contribution in [2.75, 3.05) is 32.8 Å². The number of likely N-dealkylation sites (tertiary alicyclic amines) is 1. The van der Waals surface area contributed by atoms with E-state index in [9.17, 15) is 14.7 Å². The molecule has 0 bridgehead atoms. The Morgan fingerprint density at radius 3 is 2.59 bits per heavy atom. The quantitative estimate of drug-likeness (QED) is 0.320. The Kier molecular flexibility index (Phi) is 8.11. The van der Waals surface area contributed by atoms with E-state index in [4.69, 9.17) is 9.15 Å². The molecule has 1 atom stereocenters. The molecule has 1 aliphatic rings. The number of ketones is 1. The maximum absolute atomic E-state index is 13.0. The number of ether oxygens (including phenoxy) is 1. The minimum Gasteiger partial charge on any atom is -0.507 e. The third kappa shape index (κ3) is 5.05. The number of aliphatic hydroxyl groups excluding tert-OH is 1. The summed E-state index contributed by atoms with van der Waals surface area (Å²) < 4.78 is 11.2. The fourth-order valence-electron chi connectivity index (χ4n) is 3.97. The first-order valence-electron chi connectivity index (χ1n) is 11.3. The SMILES string of the molecule is CCCOc1cccc(C(O)=C2C(=O)C(=O)N(CCCN(CC)CC)C2c2ccco2)c1. The molecule has 1 fully saturated rings. The maximum Gasteiger partial charge on any atom is 0.295 e. The Morgan fingerprint density at radius 1 is 1.16 bits per heavy atom. The molecular formula is C25H32N2O5. The summed E-state index contributed by atoms with van der Waals surface area (Å²) in [4.78, 5) is 29.7. The second-order valence-electron chi connectivity index (χ2n) is 7.76. The number of hydrogen-bond acceptors (Lipinski definition) is 6. The monoisotopic (exact) mass is 440 g/mol. The number of furan rings is 1. The summed E-state index contributed by atoms with van der Waals surface area (Å²) in [6, 6.07) is 9.60. The number of amides is 1. The third-order valence-corrected chi connectivity index (χ3v) is 5.70.